The number of aryl methyl sites for hydroxylation is 1. The van der Waals surface area contributed by atoms with Crippen molar-refractivity contribution >= 4 is 29.0 Å². The minimum atomic E-state index is -0.204. The van der Waals surface area contributed by atoms with E-state index in [9.17, 15) is 4.79 Å². The van der Waals surface area contributed by atoms with Gasteiger partial charge in [-0.1, -0.05) is 18.2 Å². The first-order valence-corrected chi connectivity index (χ1v) is 9.79. The molecule has 0 bridgehead atoms. The molecule has 0 aliphatic carbocycles. The summed E-state index contributed by atoms with van der Waals surface area (Å²) in [4.78, 5) is 16.7. The van der Waals surface area contributed by atoms with Crippen molar-refractivity contribution < 1.29 is 14.3 Å². The van der Waals surface area contributed by atoms with Crippen molar-refractivity contribution in [3.05, 3.63) is 64.5 Å². The first-order chi connectivity index (χ1) is 13.6. The van der Waals surface area contributed by atoms with Gasteiger partial charge in [-0.05, 0) is 49.8 Å². The minimum absolute atomic E-state index is 0.204. The number of carbonyl (C=O) groups excluding carboxylic acids is 1. The van der Waals surface area contributed by atoms with Gasteiger partial charge in [-0.2, -0.15) is 0 Å². The zero-order valence-electron chi connectivity index (χ0n) is 16.1. The van der Waals surface area contributed by atoms with Crippen molar-refractivity contribution in [1.82, 2.24) is 4.98 Å². The molecule has 0 saturated heterocycles. The molecule has 1 heterocycles. The van der Waals surface area contributed by atoms with Crippen molar-refractivity contribution in [2.24, 2.45) is 0 Å². The summed E-state index contributed by atoms with van der Waals surface area (Å²) in [7, 11) is 1.59. The lowest BCUT2D eigenvalue weighted by Crippen LogP contribution is -2.07. The van der Waals surface area contributed by atoms with E-state index in [2.05, 4.69) is 10.3 Å². The summed E-state index contributed by atoms with van der Waals surface area (Å²) in [6.07, 6.45) is 3.23. The third kappa shape index (κ3) is 4.98. The van der Waals surface area contributed by atoms with E-state index in [1.54, 1.807) is 24.5 Å². The molecule has 0 saturated carbocycles. The van der Waals surface area contributed by atoms with Gasteiger partial charge in [-0.15, -0.1) is 11.3 Å². The topological polar surface area (TPSA) is 60.5 Å². The van der Waals surface area contributed by atoms with Crippen molar-refractivity contribution in [3.63, 3.8) is 0 Å². The number of rotatable bonds is 7. The molecule has 144 valence electrons. The van der Waals surface area contributed by atoms with Crippen LogP contribution in [0.2, 0.25) is 0 Å². The van der Waals surface area contributed by atoms with Gasteiger partial charge in [0.15, 0.2) is 11.5 Å². The Labute approximate surface area is 168 Å². The third-order valence-electron chi connectivity index (χ3n) is 3.98. The summed E-state index contributed by atoms with van der Waals surface area (Å²) in [5.74, 6) is 1.12. The van der Waals surface area contributed by atoms with Crippen LogP contribution in [0, 0.1) is 6.92 Å². The van der Waals surface area contributed by atoms with Gasteiger partial charge in [-0.3, -0.25) is 4.79 Å². The van der Waals surface area contributed by atoms with Crippen molar-refractivity contribution in [3.8, 4) is 22.8 Å². The van der Waals surface area contributed by atoms with E-state index < -0.39 is 0 Å². The van der Waals surface area contributed by atoms with Gasteiger partial charge in [-0.25, -0.2) is 4.98 Å². The molecule has 0 unspecified atom stereocenters. The van der Waals surface area contributed by atoms with Crippen LogP contribution in [-0.4, -0.2) is 24.6 Å². The number of hydrogen-bond acceptors (Lipinski definition) is 5. The molecule has 3 aromatic rings. The quantitative estimate of drug-likeness (QED) is 0.561. The number of amides is 1. The second-order valence-electron chi connectivity index (χ2n) is 6.00. The summed E-state index contributed by atoms with van der Waals surface area (Å²) in [5.41, 5.74) is 3.56. The number of anilines is 1. The molecule has 3 rings (SSSR count). The number of hydrogen-bond donors (Lipinski definition) is 1. The summed E-state index contributed by atoms with van der Waals surface area (Å²) >= 11 is 1.62. The second kappa shape index (κ2) is 9.19. The summed E-state index contributed by atoms with van der Waals surface area (Å²) in [6, 6.07) is 13.2. The van der Waals surface area contributed by atoms with E-state index in [-0.39, 0.29) is 5.91 Å². The number of carbonyl (C=O) groups is 1. The van der Waals surface area contributed by atoms with E-state index in [1.165, 1.54) is 6.08 Å². The predicted octanol–water partition coefficient (Wildman–Crippen LogP) is 5.18. The Balaban J connectivity index is 1.63. The molecule has 0 radical (unpaired) electrons. The SMILES string of the molecule is CCOc1ccc(/C=C/C(=O)Nc2ccc(-c3csc(C)n3)cc2)cc1OC. The first-order valence-electron chi connectivity index (χ1n) is 8.91. The lowest BCUT2D eigenvalue weighted by molar-refractivity contribution is -0.111. The average Bonchev–Trinajstić information content (AvgIpc) is 3.14. The average molecular weight is 394 g/mol. The van der Waals surface area contributed by atoms with Gasteiger partial charge in [0, 0.05) is 22.7 Å². The highest BCUT2D eigenvalue weighted by Crippen LogP contribution is 2.28. The van der Waals surface area contributed by atoms with E-state index >= 15 is 0 Å². The molecule has 0 fully saturated rings. The maximum Gasteiger partial charge on any atom is 0.248 e. The minimum Gasteiger partial charge on any atom is -0.493 e. The summed E-state index contributed by atoms with van der Waals surface area (Å²) in [6.45, 7) is 4.46. The Morgan fingerprint density at radius 2 is 1.96 bits per heavy atom. The van der Waals surface area contributed by atoms with Crippen LogP contribution in [0.5, 0.6) is 11.5 Å². The molecule has 5 nitrogen and oxygen atoms in total. The lowest BCUT2D eigenvalue weighted by atomic mass is 10.1. The van der Waals surface area contributed by atoms with Crippen LogP contribution >= 0.6 is 11.3 Å². The van der Waals surface area contributed by atoms with Crippen LogP contribution in [0.25, 0.3) is 17.3 Å². The fraction of sp³-hybridized carbons (Fsp3) is 0.182. The zero-order chi connectivity index (χ0) is 19.9. The Bertz CT molecular complexity index is 978. The monoisotopic (exact) mass is 394 g/mol. The number of nitrogens with zero attached hydrogens (tertiary/aromatic N) is 1. The number of thiazole rings is 1. The number of benzene rings is 2. The van der Waals surface area contributed by atoms with Crippen LogP contribution in [0.4, 0.5) is 5.69 Å². The Morgan fingerprint density at radius 3 is 2.61 bits per heavy atom. The highest BCUT2D eigenvalue weighted by atomic mass is 32.1. The molecule has 1 N–H and O–H groups in total. The van der Waals surface area contributed by atoms with Gasteiger partial charge in [0.1, 0.15) is 0 Å². The zero-order valence-corrected chi connectivity index (χ0v) is 16.9. The molecule has 1 aromatic heterocycles. The molecule has 0 spiro atoms. The molecule has 0 aliphatic rings. The third-order valence-corrected chi connectivity index (χ3v) is 4.76. The fourth-order valence-electron chi connectivity index (χ4n) is 2.64. The van der Waals surface area contributed by atoms with Crippen LogP contribution in [0.1, 0.15) is 17.5 Å². The second-order valence-corrected chi connectivity index (χ2v) is 7.06. The maximum atomic E-state index is 12.2. The van der Waals surface area contributed by atoms with Gasteiger partial charge in [0.05, 0.1) is 24.4 Å². The van der Waals surface area contributed by atoms with E-state index in [4.69, 9.17) is 9.47 Å². The highest BCUT2D eigenvalue weighted by Gasteiger charge is 2.05. The van der Waals surface area contributed by atoms with Crippen molar-refractivity contribution in [2.75, 3.05) is 19.0 Å². The largest absolute Gasteiger partial charge is 0.493 e. The smallest absolute Gasteiger partial charge is 0.248 e. The molecular formula is C22H22N2O3S. The van der Waals surface area contributed by atoms with E-state index in [0.717, 1.165) is 27.5 Å². The number of aromatic nitrogens is 1. The fourth-order valence-corrected chi connectivity index (χ4v) is 3.26. The molecular weight excluding hydrogens is 372 g/mol. The molecule has 28 heavy (non-hydrogen) atoms. The Morgan fingerprint density at radius 1 is 1.18 bits per heavy atom. The highest BCUT2D eigenvalue weighted by molar-refractivity contribution is 7.09. The molecule has 2 aromatic carbocycles. The standard InChI is InChI=1S/C22H22N2O3S/c1-4-27-20-11-5-16(13-21(20)26-3)6-12-22(25)24-18-9-7-17(8-10-18)19-14-28-15(2)23-19/h5-14H,4H2,1-3H3,(H,24,25)/b12-6+. The first kappa shape index (κ1) is 19.6. The van der Waals surface area contributed by atoms with Gasteiger partial charge in [0.25, 0.3) is 0 Å². The Hall–Kier alpha value is -3.12. The summed E-state index contributed by atoms with van der Waals surface area (Å²) < 4.78 is 10.8. The van der Waals surface area contributed by atoms with Gasteiger partial charge >= 0.3 is 0 Å². The van der Waals surface area contributed by atoms with Crippen LogP contribution in [-0.2, 0) is 4.79 Å². The number of nitrogens with one attached hydrogen (secondary N) is 1. The maximum absolute atomic E-state index is 12.2. The van der Waals surface area contributed by atoms with Crippen LogP contribution < -0.4 is 14.8 Å². The van der Waals surface area contributed by atoms with Crippen LogP contribution in [0.3, 0.4) is 0 Å². The Kier molecular flexibility index (Phi) is 6.45. The van der Waals surface area contributed by atoms with Gasteiger partial charge < -0.3 is 14.8 Å². The lowest BCUT2D eigenvalue weighted by Gasteiger charge is -2.09. The van der Waals surface area contributed by atoms with Gasteiger partial charge in [0.2, 0.25) is 5.91 Å². The molecule has 1 amide bonds. The molecule has 0 atom stereocenters. The summed E-state index contributed by atoms with van der Waals surface area (Å²) in [5, 5.41) is 5.91. The van der Waals surface area contributed by atoms with E-state index in [1.807, 2.05) is 61.7 Å². The van der Waals surface area contributed by atoms with E-state index in [0.29, 0.717) is 18.1 Å². The molecule has 0 aliphatic heterocycles. The number of ether oxygens (including phenoxy) is 2. The molecule has 6 heteroatoms. The van der Waals surface area contributed by atoms with Crippen molar-refractivity contribution in [2.45, 2.75) is 13.8 Å². The predicted molar refractivity (Wildman–Crippen MR) is 114 cm³/mol. The number of methoxy groups -OCH3 is 1. The van der Waals surface area contributed by atoms with Crippen LogP contribution in [0.15, 0.2) is 53.9 Å². The van der Waals surface area contributed by atoms with Crippen molar-refractivity contribution in [1.29, 1.82) is 0 Å². The normalized spacial score (nSPS) is 10.8.